The highest BCUT2D eigenvalue weighted by atomic mass is 32.1. The largest absolute Gasteiger partial charge is 0.332 e. The lowest BCUT2D eigenvalue weighted by atomic mass is 10.2. The van der Waals surface area contributed by atoms with Crippen molar-refractivity contribution in [2.75, 3.05) is 5.32 Å². The lowest BCUT2D eigenvalue weighted by Gasteiger charge is -2.13. The third-order valence-corrected chi connectivity index (χ3v) is 6.71. The summed E-state index contributed by atoms with van der Waals surface area (Å²) in [6.07, 6.45) is 0. The first-order valence-electron chi connectivity index (χ1n) is 10.6. The van der Waals surface area contributed by atoms with E-state index in [9.17, 15) is 14.4 Å². The molecule has 7 heteroatoms. The molecule has 1 N–H and O–H groups in total. The van der Waals surface area contributed by atoms with Gasteiger partial charge in [0, 0.05) is 15.8 Å². The van der Waals surface area contributed by atoms with Crippen LogP contribution in [0.5, 0.6) is 0 Å². The summed E-state index contributed by atoms with van der Waals surface area (Å²) >= 11 is 1.34. The van der Waals surface area contributed by atoms with Crippen LogP contribution in [0.3, 0.4) is 0 Å². The second-order valence-corrected chi connectivity index (χ2v) is 8.99. The van der Waals surface area contributed by atoms with Crippen molar-refractivity contribution in [3.8, 4) is 0 Å². The predicted octanol–water partition coefficient (Wildman–Crippen LogP) is 4.37. The minimum atomic E-state index is -0.501. The topological polar surface area (TPSA) is 73.1 Å². The van der Waals surface area contributed by atoms with E-state index >= 15 is 0 Å². The van der Waals surface area contributed by atoms with Gasteiger partial charge in [-0.25, -0.2) is 4.79 Å². The first kappa shape index (κ1) is 20.9. The monoisotopic (exact) mass is 455 g/mol. The normalized spacial score (nSPS) is 11.2. The molecule has 0 bridgehead atoms. The number of fused-ring (bicyclic) bond motifs is 3. The number of hydrogen-bond acceptors (Lipinski definition) is 4. The van der Waals surface area contributed by atoms with Crippen LogP contribution in [0.15, 0.2) is 88.5 Å². The number of amides is 1. The van der Waals surface area contributed by atoms with Gasteiger partial charge in [-0.2, -0.15) is 0 Å². The van der Waals surface area contributed by atoms with E-state index in [1.807, 2.05) is 85.8 Å². The quantitative estimate of drug-likeness (QED) is 0.428. The zero-order valence-electron chi connectivity index (χ0n) is 17.9. The average molecular weight is 456 g/mol. The molecule has 2 aromatic heterocycles. The summed E-state index contributed by atoms with van der Waals surface area (Å²) in [4.78, 5) is 39.8. The fourth-order valence-electron chi connectivity index (χ4n) is 3.93. The molecule has 0 saturated carbocycles. The van der Waals surface area contributed by atoms with Crippen molar-refractivity contribution in [3.63, 3.8) is 0 Å². The molecule has 0 atom stereocenters. The van der Waals surface area contributed by atoms with Gasteiger partial charge in [-0.3, -0.25) is 18.7 Å². The molecule has 1 amide bonds. The Morgan fingerprint density at radius 3 is 2.33 bits per heavy atom. The van der Waals surface area contributed by atoms with Gasteiger partial charge in [0.05, 0.1) is 12.1 Å². The van der Waals surface area contributed by atoms with E-state index in [1.54, 1.807) is 0 Å². The molecule has 0 aliphatic carbocycles. The van der Waals surface area contributed by atoms with Crippen LogP contribution in [0.25, 0.3) is 20.3 Å². The van der Waals surface area contributed by atoms with Crippen LogP contribution in [0.4, 0.5) is 5.69 Å². The smallest absolute Gasteiger partial charge is 0.325 e. The number of anilines is 1. The Labute approximate surface area is 193 Å². The molecule has 5 aromatic rings. The van der Waals surface area contributed by atoms with Gasteiger partial charge in [0.2, 0.25) is 5.91 Å². The van der Waals surface area contributed by atoms with Gasteiger partial charge in [0.25, 0.3) is 5.56 Å². The van der Waals surface area contributed by atoms with E-state index < -0.39 is 5.69 Å². The highest BCUT2D eigenvalue weighted by Gasteiger charge is 2.20. The number of carbonyl (C=O) groups is 1. The first-order valence-corrected chi connectivity index (χ1v) is 11.4. The number of aromatic nitrogens is 2. The van der Waals surface area contributed by atoms with Crippen LogP contribution in [0.2, 0.25) is 0 Å². The number of benzene rings is 3. The third-order valence-electron chi connectivity index (χ3n) is 5.56. The molecule has 0 aliphatic heterocycles. The molecule has 0 radical (unpaired) electrons. The molecule has 0 aliphatic rings. The highest BCUT2D eigenvalue weighted by molar-refractivity contribution is 7.25. The van der Waals surface area contributed by atoms with Gasteiger partial charge < -0.3 is 5.32 Å². The molecule has 0 unspecified atom stereocenters. The van der Waals surface area contributed by atoms with E-state index in [4.69, 9.17) is 0 Å². The first-order chi connectivity index (χ1) is 16.0. The minimum absolute atomic E-state index is 0.141. The van der Waals surface area contributed by atoms with Gasteiger partial charge in [-0.15, -0.1) is 11.3 Å². The van der Waals surface area contributed by atoms with Crippen molar-refractivity contribution in [2.45, 2.75) is 20.0 Å². The van der Waals surface area contributed by atoms with Gasteiger partial charge in [0.1, 0.15) is 11.2 Å². The molecule has 0 fully saturated rings. The zero-order chi connectivity index (χ0) is 22.9. The number of nitrogens with zero attached hydrogens (tertiary/aromatic N) is 2. The van der Waals surface area contributed by atoms with Crippen molar-refractivity contribution < 1.29 is 4.79 Å². The fraction of sp³-hybridized carbons (Fsp3) is 0.115. The Hall–Kier alpha value is -3.97. The Bertz CT molecular complexity index is 1600. The molecule has 2 heterocycles. The SMILES string of the molecule is Cc1ccc(NC(=O)Cn2c(=O)n(Cc3ccccc3)c(=O)c3sc4ccccc4c32)cc1. The number of carbonyl (C=O) groups excluding carboxylic acids is 1. The molecular weight excluding hydrogens is 434 g/mol. The molecule has 6 nitrogen and oxygen atoms in total. The van der Waals surface area contributed by atoms with Crippen molar-refractivity contribution in [1.82, 2.24) is 9.13 Å². The van der Waals surface area contributed by atoms with Gasteiger partial charge >= 0.3 is 5.69 Å². The number of rotatable bonds is 5. The van der Waals surface area contributed by atoms with E-state index in [-0.39, 0.29) is 24.6 Å². The van der Waals surface area contributed by atoms with E-state index in [0.29, 0.717) is 15.9 Å². The maximum absolute atomic E-state index is 13.5. The molecule has 0 spiro atoms. The Balaban J connectivity index is 1.65. The molecule has 3 aromatic carbocycles. The summed E-state index contributed by atoms with van der Waals surface area (Å²) in [5.74, 6) is -0.331. The van der Waals surface area contributed by atoms with Crippen LogP contribution in [0, 0.1) is 6.92 Å². The fourth-order valence-corrected chi connectivity index (χ4v) is 5.08. The van der Waals surface area contributed by atoms with E-state index in [1.165, 1.54) is 20.5 Å². The summed E-state index contributed by atoms with van der Waals surface area (Å²) in [7, 11) is 0. The molecular formula is C26H21N3O3S. The van der Waals surface area contributed by atoms with E-state index in [0.717, 1.165) is 21.2 Å². The van der Waals surface area contributed by atoms with Gasteiger partial charge in [-0.1, -0.05) is 66.2 Å². The summed E-state index contributed by atoms with van der Waals surface area (Å²) in [6, 6.07) is 24.4. The number of nitrogens with one attached hydrogen (secondary N) is 1. The van der Waals surface area contributed by atoms with Crippen molar-refractivity contribution >= 4 is 43.2 Å². The maximum Gasteiger partial charge on any atom is 0.332 e. The minimum Gasteiger partial charge on any atom is -0.325 e. The van der Waals surface area contributed by atoms with Crippen LogP contribution < -0.4 is 16.6 Å². The van der Waals surface area contributed by atoms with Crippen LogP contribution in [-0.2, 0) is 17.9 Å². The summed E-state index contributed by atoms with van der Waals surface area (Å²) in [5.41, 5.74) is 2.25. The van der Waals surface area contributed by atoms with Crippen LogP contribution >= 0.6 is 11.3 Å². The van der Waals surface area contributed by atoms with Crippen molar-refractivity contribution in [1.29, 1.82) is 0 Å². The maximum atomic E-state index is 13.5. The molecule has 164 valence electrons. The van der Waals surface area contributed by atoms with Crippen LogP contribution in [0.1, 0.15) is 11.1 Å². The highest BCUT2D eigenvalue weighted by Crippen LogP contribution is 2.30. The van der Waals surface area contributed by atoms with E-state index in [2.05, 4.69) is 5.32 Å². The Kier molecular flexibility index (Phi) is 5.40. The predicted molar refractivity (Wildman–Crippen MR) is 133 cm³/mol. The number of aryl methyl sites for hydroxylation is 1. The molecule has 0 saturated heterocycles. The average Bonchev–Trinajstić information content (AvgIpc) is 3.21. The lowest BCUT2D eigenvalue weighted by Crippen LogP contribution is -2.41. The second kappa shape index (κ2) is 8.52. The summed E-state index contributed by atoms with van der Waals surface area (Å²) < 4.78 is 4.00. The van der Waals surface area contributed by atoms with Gasteiger partial charge in [-0.05, 0) is 30.7 Å². The summed E-state index contributed by atoms with van der Waals surface area (Å²) in [5, 5.41) is 3.64. The zero-order valence-corrected chi connectivity index (χ0v) is 18.8. The molecule has 33 heavy (non-hydrogen) atoms. The number of hydrogen-bond donors (Lipinski definition) is 1. The Morgan fingerprint density at radius 1 is 0.879 bits per heavy atom. The number of thiophene rings is 1. The van der Waals surface area contributed by atoms with Crippen molar-refractivity contribution in [2.24, 2.45) is 0 Å². The Morgan fingerprint density at radius 2 is 1.58 bits per heavy atom. The second-order valence-electron chi connectivity index (χ2n) is 7.94. The standard InChI is InChI=1S/C26H21N3O3S/c1-17-11-13-19(14-12-17)27-22(30)16-28-23-20-9-5-6-10-21(20)33-24(23)25(31)29(26(28)32)15-18-7-3-2-4-8-18/h2-14H,15-16H2,1H3,(H,27,30). The van der Waals surface area contributed by atoms with Crippen molar-refractivity contribution in [3.05, 3.63) is 111 Å². The summed E-state index contributed by atoms with van der Waals surface area (Å²) in [6.45, 7) is 1.92. The molecule has 5 rings (SSSR count). The van der Waals surface area contributed by atoms with Crippen LogP contribution in [-0.4, -0.2) is 15.0 Å². The third kappa shape index (κ3) is 3.99. The van der Waals surface area contributed by atoms with Gasteiger partial charge in [0.15, 0.2) is 0 Å². The lowest BCUT2D eigenvalue weighted by molar-refractivity contribution is -0.116.